The number of hydrogen-bond acceptors (Lipinski definition) is 4. The zero-order valence-electron chi connectivity index (χ0n) is 12.2. The number of benzene rings is 1. The normalized spacial score (nSPS) is 17.5. The lowest BCUT2D eigenvalue weighted by Crippen LogP contribution is -2.38. The Labute approximate surface area is 124 Å². The summed E-state index contributed by atoms with van der Waals surface area (Å²) >= 11 is 0. The first-order chi connectivity index (χ1) is 10.1. The van der Waals surface area contributed by atoms with Gasteiger partial charge in [0.1, 0.15) is 11.9 Å². The lowest BCUT2D eigenvalue weighted by Gasteiger charge is -2.23. The summed E-state index contributed by atoms with van der Waals surface area (Å²) in [5.41, 5.74) is 0.601. The lowest BCUT2D eigenvalue weighted by molar-refractivity contribution is -0.145. The van der Waals surface area contributed by atoms with E-state index in [0.29, 0.717) is 30.8 Å². The number of likely N-dealkylation sites (tertiary alicyclic amines) is 1. The number of amides is 2. The van der Waals surface area contributed by atoms with Crippen molar-refractivity contribution >= 4 is 11.8 Å². The van der Waals surface area contributed by atoms with Crippen LogP contribution >= 0.6 is 0 Å². The highest BCUT2D eigenvalue weighted by atomic mass is 16.5. The van der Waals surface area contributed by atoms with Gasteiger partial charge in [0, 0.05) is 18.4 Å². The van der Waals surface area contributed by atoms with E-state index in [4.69, 9.17) is 4.74 Å². The Morgan fingerprint density at radius 2 is 1.81 bits per heavy atom. The van der Waals surface area contributed by atoms with Crippen LogP contribution in [0.25, 0.3) is 0 Å². The SMILES string of the molecule is CCOc1ccccc1C(O)CN1C(=O)CCCCC1=O. The highest BCUT2D eigenvalue weighted by molar-refractivity contribution is 5.96. The van der Waals surface area contributed by atoms with Crippen LogP contribution in [-0.2, 0) is 9.59 Å². The number of para-hydroxylation sites is 1. The second-order valence-corrected chi connectivity index (χ2v) is 5.09. The standard InChI is InChI=1S/C16H21NO4/c1-2-21-14-8-4-3-7-12(14)13(18)11-17-15(19)9-5-6-10-16(17)20/h3-4,7-8,13,18H,2,5-6,9-11H2,1H3. The first-order valence-electron chi connectivity index (χ1n) is 7.36. The van der Waals surface area contributed by atoms with Crippen molar-refractivity contribution < 1.29 is 19.4 Å². The summed E-state index contributed by atoms with van der Waals surface area (Å²) in [7, 11) is 0. The molecule has 2 amide bonds. The molecule has 0 aliphatic carbocycles. The zero-order valence-corrected chi connectivity index (χ0v) is 12.2. The summed E-state index contributed by atoms with van der Waals surface area (Å²) in [4.78, 5) is 25.1. The number of carbonyl (C=O) groups excluding carboxylic acids is 2. The van der Waals surface area contributed by atoms with Crippen molar-refractivity contribution in [3.63, 3.8) is 0 Å². The molecule has 1 aliphatic rings. The molecule has 1 aliphatic heterocycles. The molecule has 0 spiro atoms. The fourth-order valence-corrected chi connectivity index (χ4v) is 2.48. The van der Waals surface area contributed by atoms with Crippen molar-refractivity contribution in [1.29, 1.82) is 0 Å². The molecular weight excluding hydrogens is 270 g/mol. The molecule has 2 rings (SSSR count). The molecule has 0 bridgehead atoms. The number of rotatable bonds is 5. The Bertz CT molecular complexity index is 497. The van der Waals surface area contributed by atoms with Gasteiger partial charge in [-0.1, -0.05) is 18.2 Å². The third-order valence-electron chi connectivity index (χ3n) is 3.57. The largest absolute Gasteiger partial charge is 0.493 e. The number of carbonyl (C=O) groups is 2. The van der Waals surface area contributed by atoms with E-state index in [1.54, 1.807) is 18.2 Å². The number of β-amino-alcohol motifs (C(OH)–C–C–N with tert-alkyl or cyclic N) is 1. The predicted octanol–water partition coefficient (Wildman–Crippen LogP) is 2.05. The highest BCUT2D eigenvalue weighted by Gasteiger charge is 2.27. The number of imide groups is 1. The van der Waals surface area contributed by atoms with Crippen LogP contribution < -0.4 is 4.74 Å². The van der Waals surface area contributed by atoms with Crippen molar-refractivity contribution in [2.45, 2.75) is 38.7 Å². The van der Waals surface area contributed by atoms with E-state index in [9.17, 15) is 14.7 Å². The third-order valence-corrected chi connectivity index (χ3v) is 3.57. The fraction of sp³-hybridized carbons (Fsp3) is 0.500. The van der Waals surface area contributed by atoms with Crippen LogP contribution in [0.4, 0.5) is 0 Å². The molecule has 1 aromatic rings. The summed E-state index contributed by atoms with van der Waals surface area (Å²) in [5.74, 6) is 0.179. The Hall–Kier alpha value is -1.88. The van der Waals surface area contributed by atoms with Gasteiger partial charge in [0.2, 0.25) is 11.8 Å². The van der Waals surface area contributed by atoms with Crippen LogP contribution in [0.1, 0.15) is 44.3 Å². The maximum atomic E-state index is 12.0. The predicted molar refractivity (Wildman–Crippen MR) is 77.8 cm³/mol. The van der Waals surface area contributed by atoms with Gasteiger partial charge in [0.25, 0.3) is 0 Å². The first kappa shape index (κ1) is 15.5. The topological polar surface area (TPSA) is 66.8 Å². The van der Waals surface area contributed by atoms with E-state index in [2.05, 4.69) is 0 Å². The number of aliphatic hydroxyl groups is 1. The maximum Gasteiger partial charge on any atom is 0.229 e. The van der Waals surface area contributed by atoms with Crippen LogP contribution in [0.2, 0.25) is 0 Å². The van der Waals surface area contributed by atoms with E-state index in [-0.39, 0.29) is 18.4 Å². The van der Waals surface area contributed by atoms with E-state index >= 15 is 0 Å². The molecule has 1 N–H and O–H groups in total. The molecule has 0 radical (unpaired) electrons. The van der Waals surface area contributed by atoms with Gasteiger partial charge in [0.05, 0.1) is 13.2 Å². The van der Waals surface area contributed by atoms with Gasteiger partial charge in [-0.05, 0) is 25.8 Å². The minimum atomic E-state index is -0.932. The average molecular weight is 291 g/mol. The van der Waals surface area contributed by atoms with E-state index in [1.165, 1.54) is 4.90 Å². The first-order valence-corrected chi connectivity index (χ1v) is 7.36. The van der Waals surface area contributed by atoms with Crippen molar-refractivity contribution in [3.05, 3.63) is 29.8 Å². The second-order valence-electron chi connectivity index (χ2n) is 5.09. The maximum absolute atomic E-state index is 12.0. The molecule has 1 aromatic carbocycles. The van der Waals surface area contributed by atoms with Crippen molar-refractivity contribution in [1.82, 2.24) is 4.90 Å². The molecule has 0 saturated carbocycles. The molecule has 1 atom stereocenters. The van der Waals surface area contributed by atoms with Gasteiger partial charge in [0.15, 0.2) is 0 Å². The molecule has 1 unspecified atom stereocenters. The van der Waals surface area contributed by atoms with Crippen molar-refractivity contribution in [3.8, 4) is 5.75 Å². The Kier molecular flexibility index (Phi) is 5.33. The number of ether oxygens (including phenoxy) is 1. The minimum absolute atomic E-state index is 0.0121. The fourth-order valence-electron chi connectivity index (χ4n) is 2.48. The summed E-state index contributed by atoms with van der Waals surface area (Å²) in [5, 5.41) is 10.4. The molecule has 1 heterocycles. The zero-order chi connectivity index (χ0) is 15.2. The van der Waals surface area contributed by atoms with E-state index in [1.807, 2.05) is 13.0 Å². The molecule has 1 fully saturated rings. The molecule has 5 heteroatoms. The number of hydrogen-bond donors (Lipinski definition) is 1. The van der Waals surface area contributed by atoms with Gasteiger partial charge in [-0.15, -0.1) is 0 Å². The van der Waals surface area contributed by atoms with Gasteiger partial charge < -0.3 is 9.84 Å². The molecule has 0 aromatic heterocycles. The van der Waals surface area contributed by atoms with Crippen LogP contribution in [0.3, 0.4) is 0 Å². The smallest absolute Gasteiger partial charge is 0.229 e. The van der Waals surface area contributed by atoms with Crippen LogP contribution in [-0.4, -0.2) is 35.0 Å². The lowest BCUT2D eigenvalue weighted by atomic mass is 10.1. The Balaban J connectivity index is 2.14. The molecular formula is C16H21NO4. The quantitative estimate of drug-likeness (QED) is 0.843. The summed E-state index contributed by atoms with van der Waals surface area (Å²) in [6.07, 6.45) is 1.26. The Morgan fingerprint density at radius 3 is 2.43 bits per heavy atom. The Morgan fingerprint density at radius 1 is 1.19 bits per heavy atom. The third kappa shape index (κ3) is 3.82. The second kappa shape index (κ2) is 7.22. The van der Waals surface area contributed by atoms with Crippen molar-refractivity contribution in [2.24, 2.45) is 0 Å². The number of aliphatic hydroxyl groups excluding tert-OH is 1. The van der Waals surface area contributed by atoms with E-state index < -0.39 is 6.10 Å². The monoisotopic (exact) mass is 291 g/mol. The minimum Gasteiger partial charge on any atom is -0.493 e. The van der Waals surface area contributed by atoms with Crippen LogP contribution in [0.5, 0.6) is 5.75 Å². The number of nitrogens with zero attached hydrogens (tertiary/aromatic N) is 1. The average Bonchev–Trinajstić information content (AvgIpc) is 2.63. The van der Waals surface area contributed by atoms with Gasteiger partial charge in [-0.3, -0.25) is 14.5 Å². The van der Waals surface area contributed by atoms with Gasteiger partial charge in [-0.2, -0.15) is 0 Å². The van der Waals surface area contributed by atoms with Crippen LogP contribution in [0, 0.1) is 0 Å². The molecule has 1 saturated heterocycles. The highest BCUT2D eigenvalue weighted by Crippen LogP contribution is 2.26. The van der Waals surface area contributed by atoms with Crippen LogP contribution in [0.15, 0.2) is 24.3 Å². The molecule has 114 valence electrons. The summed E-state index contributed by atoms with van der Waals surface area (Å²) in [6, 6.07) is 7.15. The summed E-state index contributed by atoms with van der Waals surface area (Å²) in [6.45, 7) is 2.35. The molecule has 5 nitrogen and oxygen atoms in total. The van der Waals surface area contributed by atoms with Gasteiger partial charge >= 0.3 is 0 Å². The van der Waals surface area contributed by atoms with Crippen molar-refractivity contribution in [2.75, 3.05) is 13.2 Å². The summed E-state index contributed by atoms with van der Waals surface area (Å²) < 4.78 is 5.48. The van der Waals surface area contributed by atoms with Gasteiger partial charge in [-0.25, -0.2) is 0 Å². The van der Waals surface area contributed by atoms with E-state index in [0.717, 1.165) is 12.8 Å². The molecule has 21 heavy (non-hydrogen) atoms.